The first-order valence-corrected chi connectivity index (χ1v) is 5.69. The van der Waals surface area contributed by atoms with Crippen molar-refractivity contribution < 1.29 is 8.42 Å². The zero-order chi connectivity index (χ0) is 9.72. The zero-order valence-electron chi connectivity index (χ0n) is 8.28. The first kappa shape index (κ1) is 11.9. The Labute approximate surface area is 76.7 Å². The minimum absolute atomic E-state index is 0.270. The molecule has 0 saturated heterocycles. The lowest BCUT2D eigenvalue weighted by Crippen LogP contribution is -2.39. The highest BCUT2D eigenvalue weighted by Crippen LogP contribution is 2.03. The highest BCUT2D eigenvalue weighted by Gasteiger charge is 2.12. The van der Waals surface area contributed by atoms with Crippen LogP contribution in [0.3, 0.4) is 0 Å². The van der Waals surface area contributed by atoms with Gasteiger partial charge < -0.3 is 0 Å². The van der Waals surface area contributed by atoms with Gasteiger partial charge in [0.25, 0.3) is 0 Å². The van der Waals surface area contributed by atoms with Crippen molar-refractivity contribution in [1.82, 2.24) is 4.90 Å². The largest absolute Gasteiger partial charge is 0.298 e. The molecule has 0 heterocycles. The van der Waals surface area contributed by atoms with Crippen molar-refractivity contribution in [3.05, 3.63) is 0 Å². The van der Waals surface area contributed by atoms with Gasteiger partial charge in [-0.25, -0.2) is 8.42 Å². The van der Waals surface area contributed by atoms with E-state index in [-0.39, 0.29) is 5.75 Å². The average Bonchev–Trinajstić information content (AvgIpc) is 1.84. The Kier molecular flexibility index (Phi) is 5.50. The van der Waals surface area contributed by atoms with Crippen LogP contribution in [0.1, 0.15) is 27.7 Å². The number of thiol groups is 1. The molecule has 4 heteroatoms. The number of nitrogens with zero attached hydrogens (tertiary/aromatic N) is 1. The van der Waals surface area contributed by atoms with Crippen LogP contribution in [0, 0.1) is 0 Å². The van der Waals surface area contributed by atoms with Crippen molar-refractivity contribution in [2.45, 2.75) is 39.8 Å². The minimum Gasteiger partial charge on any atom is -0.298 e. The van der Waals surface area contributed by atoms with Gasteiger partial charge in [-0.05, 0) is 27.7 Å². The fraction of sp³-hybridized carbons (Fsp3) is 1.00. The Balaban J connectivity index is 3.96. The predicted octanol–water partition coefficient (Wildman–Crippen LogP) is 0.717. The Hall–Kier alpha value is -0.0900. The van der Waals surface area contributed by atoms with Crippen molar-refractivity contribution in [2.24, 2.45) is 0 Å². The van der Waals surface area contributed by atoms with E-state index in [4.69, 9.17) is 0 Å². The van der Waals surface area contributed by atoms with Crippen LogP contribution in [0.4, 0.5) is 0 Å². The normalized spacial score (nSPS) is 12.3. The van der Waals surface area contributed by atoms with Gasteiger partial charge in [0.1, 0.15) is 10.7 Å². The van der Waals surface area contributed by atoms with Crippen molar-refractivity contribution in [3.63, 3.8) is 0 Å². The lowest BCUT2D eigenvalue weighted by atomic mass is 10.2. The summed E-state index contributed by atoms with van der Waals surface area (Å²) < 4.78 is 20.7. The third-order valence-corrected chi connectivity index (χ3v) is 2.43. The summed E-state index contributed by atoms with van der Waals surface area (Å²) in [5, 5.41) is 0. The quantitative estimate of drug-likeness (QED) is 0.654. The third kappa shape index (κ3) is 4.72. The summed E-state index contributed by atoms with van der Waals surface area (Å²) in [7, 11) is -2.22. The molecular weight excluding hydrogens is 174 g/mol. The molecule has 0 N–H and O–H groups in total. The van der Waals surface area contributed by atoms with Gasteiger partial charge in [-0.3, -0.25) is 4.90 Å². The van der Waals surface area contributed by atoms with Crippen LogP contribution in [0.15, 0.2) is 0 Å². The summed E-state index contributed by atoms with van der Waals surface area (Å²) >= 11 is 0. The summed E-state index contributed by atoms with van der Waals surface area (Å²) in [6.45, 7) is 8.97. The van der Waals surface area contributed by atoms with E-state index in [0.717, 1.165) is 0 Å². The summed E-state index contributed by atoms with van der Waals surface area (Å²) in [5.41, 5.74) is 0. The molecule has 0 fully saturated rings. The minimum atomic E-state index is -2.22. The van der Waals surface area contributed by atoms with Crippen molar-refractivity contribution >= 4 is 10.7 Å². The molecule has 0 radical (unpaired) electrons. The van der Waals surface area contributed by atoms with E-state index in [1.54, 1.807) is 0 Å². The first-order chi connectivity index (χ1) is 5.45. The van der Waals surface area contributed by atoms with Crippen LogP contribution in [0.2, 0.25) is 0 Å². The molecule has 0 rings (SSSR count). The van der Waals surface area contributed by atoms with Crippen LogP contribution in [0.5, 0.6) is 0 Å². The molecule has 0 saturated carbocycles. The SMILES string of the molecule is CC(C)N(CC[SH](=O)=O)C(C)C. The molecule has 0 aliphatic rings. The standard InChI is InChI=1S/C8H19NO2S/c1-7(2)9(8(3)4)5-6-12(10)11/h7-8,12H,5-6H2,1-4H3. The van der Waals surface area contributed by atoms with Gasteiger partial charge in [-0.15, -0.1) is 0 Å². The first-order valence-electron chi connectivity index (χ1n) is 4.32. The van der Waals surface area contributed by atoms with Gasteiger partial charge in [-0.1, -0.05) is 0 Å². The fourth-order valence-electron chi connectivity index (χ4n) is 1.31. The molecular formula is C8H19NO2S. The number of rotatable bonds is 5. The molecule has 0 aromatic rings. The topological polar surface area (TPSA) is 37.4 Å². The molecule has 12 heavy (non-hydrogen) atoms. The Morgan fingerprint density at radius 1 is 1.08 bits per heavy atom. The Bertz CT molecular complexity index is 171. The van der Waals surface area contributed by atoms with Crippen LogP contribution in [0.25, 0.3) is 0 Å². The molecule has 0 amide bonds. The van der Waals surface area contributed by atoms with Gasteiger partial charge >= 0.3 is 0 Å². The Morgan fingerprint density at radius 2 is 1.50 bits per heavy atom. The lowest BCUT2D eigenvalue weighted by molar-refractivity contribution is 0.186. The summed E-state index contributed by atoms with van der Waals surface area (Å²) in [6.07, 6.45) is 0. The van der Waals surface area contributed by atoms with E-state index >= 15 is 0 Å². The van der Waals surface area contributed by atoms with E-state index in [2.05, 4.69) is 32.6 Å². The van der Waals surface area contributed by atoms with Crippen molar-refractivity contribution in [3.8, 4) is 0 Å². The second kappa shape index (κ2) is 5.54. The van der Waals surface area contributed by atoms with Gasteiger partial charge in [0.15, 0.2) is 0 Å². The van der Waals surface area contributed by atoms with Crippen LogP contribution in [-0.2, 0) is 10.7 Å². The molecule has 0 aliphatic carbocycles. The maximum atomic E-state index is 10.4. The molecule has 0 bridgehead atoms. The predicted molar refractivity (Wildman–Crippen MR) is 52.2 cm³/mol. The molecule has 74 valence electrons. The maximum Gasteiger partial charge on any atom is 0.141 e. The number of hydrogen-bond acceptors (Lipinski definition) is 3. The van der Waals surface area contributed by atoms with Gasteiger partial charge in [0.2, 0.25) is 0 Å². The highest BCUT2D eigenvalue weighted by molar-refractivity contribution is 7.72. The second-order valence-electron chi connectivity index (χ2n) is 3.48. The molecule has 3 nitrogen and oxygen atoms in total. The van der Waals surface area contributed by atoms with Crippen LogP contribution >= 0.6 is 0 Å². The fourth-order valence-corrected chi connectivity index (χ4v) is 1.70. The summed E-state index contributed by atoms with van der Waals surface area (Å²) in [4.78, 5) is 2.17. The average molecular weight is 193 g/mol. The third-order valence-electron chi connectivity index (χ3n) is 1.87. The van der Waals surface area contributed by atoms with Gasteiger partial charge in [-0.2, -0.15) is 0 Å². The Morgan fingerprint density at radius 3 is 1.75 bits per heavy atom. The van der Waals surface area contributed by atoms with E-state index in [1.807, 2.05) is 0 Å². The monoisotopic (exact) mass is 193 g/mol. The van der Waals surface area contributed by atoms with Gasteiger partial charge in [0, 0.05) is 18.6 Å². The molecule has 0 spiro atoms. The molecule has 0 aliphatic heterocycles. The number of hydrogen-bond donors (Lipinski definition) is 1. The van der Waals surface area contributed by atoms with Gasteiger partial charge in [0.05, 0.1) is 5.75 Å². The molecule has 0 unspecified atom stereocenters. The van der Waals surface area contributed by atoms with E-state index in [9.17, 15) is 8.42 Å². The van der Waals surface area contributed by atoms with E-state index in [0.29, 0.717) is 18.6 Å². The summed E-state index contributed by atoms with van der Waals surface area (Å²) in [5.74, 6) is 0.270. The van der Waals surface area contributed by atoms with Crippen LogP contribution in [-0.4, -0.2) is 37.7 Å². The zero-order valence-corrected chi connectivity index (χ0v) is 9.17. The maximum absolute atomic E-state index is 10.4. The molecule has 0 aromatic carbocycles. The summed E-state index contributed by atoms with van der Waals surface area (Å²) in [6, 6.07) is 0.833. The lowest BCUT2D eigenvalue weighted by Gasteiger charge is -2.29. The smallest absolute Gasteiger partial charge is 0.141 e. The molecule has 0 aromatic heterocycles. The van der Waals surface area contributed by atoms with Crippen LogP contribution < -0.4 is 0 Å². The molecule has 0 atom stereocenters. The highest BCUT2D eigenvalue weighted by atomic mass is 32.2. The van der Waals surface area contributed by atoms with E-state index in [1.165, 1.54) is 0 Å². The van der Waals surface area contributed by atoms with Crippen molar-refractivity contribution in [1.29, 1.82) is 0 Å². The second-order valence-corrected chi connectivity index (χ2v) is 4.59. The van der Waals surface area contributed by atoms with E-state index < -0.39 is 10.7 Å². The van der Waals surface area contributed by atoms with Crippen molar-refractivity contribution in [2.75, 3.05) is 12.3 Å².